The van der Waals surface area contributed by atoms with Gasteiger partial charge in [0.15, 0.2) is 6.29 Å². The van der Waals surface area contributed by atoms with Crippen molar-refractivity contribution in [1.29, 1.82) is 0 Å². The number of aldehydes is 2. The molecule has 4 nitrogen and oxygen atoms in total. The zero-order valence-electron chi connectivity index (χ0n) is 8.48. The molecule has 0 spiro atoms. The summed E-state index contributed by atoms with van der Waals surface area (Å²) >= 11 is 0. The number of nitrogens with zero attached hydrogens (tertiary/aromatic N) is 2. The lowest BCUT2D eigenvalue weighted by Gasteiger charge is -1.81. The van der Waals surface area contributed by atoms with Crippen LogP contribution in [-0.4, -0.2) is 22.5 Å². The molecule has 0 N–H and O–H groups in total. The van der Waals surface area contributed by atoms with Crippen LogP contribution in [-0.2, 0) is 0 Å². The minimum atomic E-state index is 0.618. The summed E-state index contributed by atoms with van der Waals surface area (Å²) < 4.78 is 0. The number of aromatic nitrogens is 2. The van der Waals surface area contributed by atoms with Gasteiger partial charge in [0.1, 0.15) is 6.29 Å². The molecule has 0 amide bonds. The van der Waals surface area contributed by atoms with Crippen molar-refractivity contribution < 1.29 is 9.59 Å². The molecule has 2 aromatic heterocycles. The average Bonchev–Trinajstić information content (AvgIpc) is 2.41. The van der Waals surface area contributed by atoms with Crippen molar-refractivity contribution in [3.05, 3.63) is 60.2 Å². The number of carbonyl (C=O) groups excluding carboxylic acids is 2. The molecule has 0 radical (unpaired) electrons. The second-order valence-corrected chi connectivity index (χ2v) is 2.80. The molecule has 2 rings (SSSR count). The number of hydrogen-bond acceptors (Lipinski definition) is 4. The molecule has 0 aliphatic rings. The zero-order chi connectivity index (χ0) is 11.6. The summed E-state index contributed by atoms with van der Waals surface area (Å²) in [6.45, 7) is 0. The zero-order valence-corrected chi connectivity index (χ0v) is 8.48. The van der Waals surface area contributed by atoms with Crippen LogP contribution in [0.15, 0.2) is 49.1 Å². The molecule has 80 valence electrons. The highest BCUT2D eigenvalue weighted by Crippen LogP contribution is 1.88. The van der Waals surface area contributed by atoms with Crippen molar-refractivity contribution >= 4 is 12.6 Å². The highest BCUT2D eigenvalue weighted by Gasteiger charge is 1.81. The van der Waals surface area contributed by atoms with E-state index < -0.39 is 0 Å². The number of hydrogen-bond donors (Lipinski definition) is 0. The molecule has 0 aliphatic heterocycles. The van der Waals surface area contributed by atoms with Gasteiger partial charge < -0.3 is 0 Å². The van der Waals surface area contributed by atoms with Gasteiger partial charge >= 0.3 is 0 Å². The Morgan fingerprint density at radius 1 is 0.812 bits per heavy atom. The van der Waals surface area contributed by atoms with E-state index in [-0.39, 0.29) is 0 Å². The van der Waals surface area contributed by atoms with Crippen LogP contribution in [0.4, 0.5) is 0 Å². The third-order valence-corrected chi connectivity index (χ3v) is 1.66. The molecule has 0 fully saturated rings. The van der Waals surface area contributed by atoms with Gasteiger partial charge in [-0.05, 0) is 24.3 Å². The highest BCUT2D eigenvalue weighted by atomic mass is 16.1. The van der Waals surface area contributed by atoms with Crippen LogP contribution in [0.5, 0.6) is 0 Å². The van der Waals surface area contributed by atoms with E-state index in [1.165, 1.54) is 6.20 Å². The van der Waals surface area contributed by atoms with Crippen LogP contribution in [0.3, 0.4) is 0 Å². The summed E-state index contributed by atoms with van der Waals surface area (Å²) in [6, 6.07) is 6.75. The van der Waals surface area contributed by atoms with E-state index in [9.17, 15) is 9.59 Å². The van der Waals surface area contributed by atoms with E-state index in [1.54, 1.807) is 42.9 Å². The van der Waals surface area contributed by atoms with Crippen molar-refractivity contribution in [2.45, 2.75) is 0 Å². The molecule has 0 aromatic carbocycles. The third kappa shape index (κ3) is 4.23. The van der Waals surface area contributed by atoms with Gasteiger partial charge in [-0.3, -0.25) is 19.6 Å². The largest absolute Gasteiger partial charge is 0.298 e. The summed E-state index contributed by atoms with van der Waals surface area (Å²) in [7, 11) is 0. The van der Waals surface area contributed by atoms with E-state index in [2.05, 4.69) is 9.97 Å². The molecule has 2 aromatic rings. The quantitative estimate of drug-likeness (QED) is 0.715. The molecule has 2 heterocycles. The lowest BCUT2D eigenvalue weighted by molar-refractivity contribution is 0.111. The van der Waals surface area contributed by atoms with Gasteiger partial charge in [-0.2, -0.15) is 0 Å². The van der Waals surface area contributed by atoms with Crippen LogP contribution < -0.4 is 0 Å². The molecule has 0 bridgehead atoms. The molecule has 0 aliphatic carbocycles. The Hall–Kier alpha value is -2.36. The summed E-state index contributed by atoms with van der Waals surface area (Å²) in [4.78, 5) is 27.4. The van der Waals surface area contributed by atoms with Crippen LogP contribution in [0.25, 0.3) is 0 Å². The van der Waals surface area contributed by atoms with Crippen molar-refractivity contribution in [2.24, 2.45) is 0 Å². The van der Waals surface area contributed by atoms with Gasteiger partial charge in [-0.15, -0.1) is 0 Å². The predicted octanol–water partition coefficient (Wildman–Crippen LogP) is 1.79. The molecule has 0 atom stereocenters. The summed E-state index contributed by atoms with van der Waals surface area (Å²) in [5.41, 5.74) is 1.28. The molecular formula is C12H10N2O2. The van der Waals surface area contributed by atoms with Crippen LogP contribution in [0, 0.1) is 0 Å². The van der Waals surface area contributed by atoms with Gasteiger partial charge in [-0.1, -0.05) is 0 Å². The van der Waals surface area contributed by atoms with Gasteiger partial charge in [-0.25, -0.2) is 0 Å². The standard InChI is InChI=1S/2C6H5NO/c8-5-6-1-3-7-4-2-6;8-5-6-2-1-3-7-4-6/h2*1-5H. The summed E-state index contributed by atoms with van der Waals surface area (Å²) in [5, 5.41) is 0. The Balaban J connectivity index is 0.000000160. The van der Waals surface area contributed by atoms with Gasteiger partial charge in [0.25, 0.3) is 0 Å². The van der Waals surface area contributed by atoms with E-state index >= 15 is 0 Å². The minimum Gasteiger partial charge on any atom is -0.298 e. The molecule has 0 saturated carbocycles. The van der Waals surface area contributed by atoms with E-state index in [4.69, 9.17) is 0 Å². The highest BCUT2D eigenvalue weighted by molar-refractivity contribution is 5.74. The fourth-order valence-electron chi connectivity index (χ4n) is 0.888. The number of rotatable bonds is 2. The second-order valence-electron chi connectivity index (χ2n) is 2.80. The fraction of sp³-hybridized carbons (Fsp3) is 0. The van der Waals surface area contributed by atoms with Crippen molar-refractivity contribution in [3.63, 3.8) is 0 Å². The maximum atomic E-state index is 9.98. The van der Waals surface area contributed by atoms with Gasteiger partial charge in [0.05, 0.1) is 0 Å². The lowest BCUT2D eigenvalue weighted by atomic mass is 10.3. The molecule has 0 unspecified atom stereocenters. The molecular weight excluding hydrogens is 204 g/mol. The molecule has 4 heteroatoms. The maximum Gasteiger partial charge on any atom is 0.151 e. The normalized spacial score (nSPS) is 8.50. The van der Waals surface area contributed by atoms with Gasteiger partial charge in [0.2, 0.25) is 0 Å². The van der Waals surface area contributed by atoms with Crippen molar-refractivity contribution in [3.8, 4) is 0 Å². The summed E-state index contributed by atoms with van der Waals surface area (Å²) in [6.07, 6.45) is 7.89. The van der Waals surface area contributed by atoms with E-state index in [0.29, 0.717) is 11.1 Å². The minimum absolute atomic E-state index is 0.618. The monoisotopic (exact) mass is 214 g/mol. The maximum absolute atomic E-state index is 9.98. The van der Waals surface area contributed by atoms with E-state index in [0.717, 1.165) is 12.6 Å². The van der Waals surface area contributed by atoms with Crippen molar-refractivity contribution in [1.82, 2.24) is 9.97 Å². The smallest absolute Gasteiger partial charge is 0.151 e. The SMILES string of the molecule is O=Cc1cccnc1.O=Cc1ccncc1. The van der Waals surface area contributed by atoms with Crippen molar-refractivity contribution in [2.75, 3.05) is 0 Å². The van der Waals surface area contributed by atoms with Gasteiger partial charge in [0, 0.05) is 35.9 Å². The van der Waals surface area contributed by atoms with E-state index in [1.807, 2.05) is 0 Å². The Bertz CT molecular complexity index is 386. The third-order valence-electron chi connectivity index (χ3n) is 1.66. The number of carbonyl (C=O) groups is 2. The van der Waals surface area contributed by atoms with Crippen LogP contribution in [0.1, 0.15) is 20.7 Å². The Labute approximate surface area is 93.0 Å². The fourth-order valence-corrected chi connectivity index (χ4v) is 0.888. The molecule has 0 saturated heterocycles. The first-order chi connectivity index (χ1) is 7.86. The average molecular weight is 214 g/mol. The lowest BCUT2D eigenvalue weighted by Crippen LogP contribution is -1.77. The topological polar surface area (TPSA) is 59.9 Å². The first-order valence-electron chi connectivity index (χ1n) is 4.57. The predicted molar refractivity (Wildman–Crippen MR) is 59.2 cm³/mol. The first-order valence-corrected chi connectivity index (χ1v) is 4.57. The Morgan fingerprint density at radius 3 is 1.88 bits per heavy atom. The number of pyridine rings is 2. The Morgan fingerprint density at radius 2 is 1.50 bits per heavy atom. The first kappa shape index (κ1) is 11.7. The Kier molecular flexibility index (Phi) is 5.13. The second kappa shape index (κ2) is 7.00. The summed E-state index contributed by atoms with van der Waals surface area (Å²) in [5.74, 6) is 0. The molecule has 16 heavy (non-hydrogen) atoms. The van der Waals surface area contributed by atoms with Crippen LogP contribution in [0.2, 0.25) is 0 Å². The van der Waals surface area contributed by atoms with Crippen LogP contribution >= 0.6 is 0 Å².